The second kappa shape index (κ2) is 7.94. The summed E-state index contributed by atoms with van der Waals surface area (Å²) >= 11 is 0. The van der Waals surface area contributed by atoms with Crippen molar-refractivity contribution in [1.29, 1.82) is 0 Å². The number of nitrogens with zero attached hydrogens (tertiary/aromatic N) is 1. The molecule has 1 fully saturated rings. The first kappa shape index (κ1) is 17.2. The summed E-state index contributed by atoms with van der Waals surface area (Å²) < 4.78 is 5.31. The van der Waals surface area contributed by atoms with Gasteiger partial charge in [-0.1, -0.05) is 0 Å². The highest BCUT2D eigenvalue weighted by molar-refractivity contribution is 6.03. The molecule has 2 atom stereocenters. The van der Waals surface area contributed by atoms with E-state index in [0.717, 1.165) is 0 Å². The molecule has 1 saturated heterocycles. The van der Waals surface area contributed by atoms with Gasteiger partial charge in [0.1, 0.15) is 12.2 Å². The molecule has 7 nitrogen and oxygen atoms in total. The van der Waals surface area contributed by atoms with Crippen molar-refractivity contribution in [3.63, 3.8) is 0 Å². The first-order valence-corrected chi connectivity index (χ1v) is 7.66. The van der Waals surface area contributed by atoms with Crippen LogP contribution in [0.2, 0.25) is 0 Å². The molecule has 1 aliphatic heterocycles. The van der Waals surface area contributed by atoms with Crippen molar-refractivity contribution in [3.05, 3.63) is 24.3 Å². The van der Waals surface area contributed by atoms with E-state index in [-0.39, 0.29) is 18.9 Å². The van der Waals surface area contributed by atoms with E-state index in [1.807, 2.05) is 6.92 Å². The number of anilines is 1. The van der Waals surface area contributed by atoms with Crippen molar-refractivity contribution in [1.82, 2.24) is 4.90 Å². The number of likely N-dealkylation sites (tertiary alicyclic amines) is 1. The van der Waals surface area contributed by atoms with Crippen molar-refractivity contribution in [2.75, 3.05) is 25.0 Å². The Balaban J connectivity index is 1.83. The summed E-state index contributed by atoms with van der Waals surface area (Å²) in [6.07, 6.45) is -1.75. The molecule has 0 saturated carbocycles. The number of nitrogens with one attached hydrogen (secondary N) is 1. The average molecular weight is 322 g/mol. The highest BCUT2D eigenvalue weighted by Crippen LogP contribution is 2.16. The number of hydrogen-bond acceptors (Lipinski definition) is 5. The van der Waals surface area contributed by atoms with Gasteiger partial charge in [0.25, 0.3) is 0 Å². The summed E-state index contributed by atoms with van der Waals surface area (Å²) in [7, 11) is 0. The Morgan fingerprint density at radius 3 is 2.57 bits per heavy atom. The number of benzene rings is 1. The Labute approximate surface area is 134 Å². The summed E-state index contributed by atoms with van der Waals surface area (Å²) in [6.45, 7) is 2.85. The molecule has 0 radical (unpaired) electrons. The van der Waals surface area contributed by atoms with Crippen LogP contribution in [0, 0.1) is 0 Å². The molecular weight excluding hydrogens is 300 g/mol. The number of rotatable bonds is 5. The molecule has 0 bridgehead atoms. The third-order valence-corrected chi connectivity index (χ3v) is 3.66. The van der Waals surface area contributed by atoms with E-state index in [1.165, 1.54) is 4.90 Å². The quantitative estimate of drug-likeness (QED) is 0.680. The van der Waals surface area contributed by atoms with Gasteiger partial charge < -0.3 is 25.2 Å². The summed E-state index contributed by atoms with van der Waals surface area (Å²) in [5.41, 5.74) is 0.584. The van der Waals surface area contributed by atoms with E-state index in [4.69, 9.17) is 4.74 Å². The molecule has 7 heteroatoms. The SMILES string of the molecule is CCOc1ccc(NC(=O)CC(=O)N2CC[C@H](O)[C@@H](O)C2)cc1. The van der Waals surface area contributed by atoms with Crippen molar-refractivity contribution in [2.24, 2.45) is 0 Å². The predicted molar refractivity (Wildman–Crippen MR) is 84.1 cm³/mol. The fraction of sp³-hybridized carbons (Fsp3) is 0.500. The van der Waals surface area contributed by atoms with Gasteiger partial charge >= 0.3 is 0 Å². The Morgan fingerprint density at radius 2 is 1.96 bits per heavy atom. The van der Waals surface area contributed by atoms with Crippen LogP contribution in [-0.2, 0) is 9.59 Å². The summed E-state index contributed by atoms with van der Waals surface area (Å²) in [5, 5.41) is 21.7. The standard InChI is InChI=1S/C16H22N2O5/c1-2-23-12-5-3-11(4-6-12)17-15(21)9-16(22)18-8-7-13(19)14(20)10-18/h3-6,13-14,19-20H,2,7-10H2,1H3,(H,17,21)/t13-,14-/m0/s1. The summed E-state index contributed by atoms with van der Waals surface area (Å²) in [6, 6.07) is 6.88. The summed E-state index contributed by atoms with van der Waals surface area (Å²) in [5.74, 6) is -0.0680. The number of piperidine rings is 1. The van der Waals surface area contributed by atoms with E-state index in [2.05, 4.69) is 5.32 Å². The first-order chi connectivity index (χ1) is 11.0. The normalized spacial score (nSPS) is 20.9. The number of aliphatic hydroxyl groups is 2. The van der Waals surface area contributed by atoms with E-state index in [0.29, 0.717) is 31.0 Å². The van der Waals surface area contributed by atoms with Crippen LogP contribution in [0.5, 0.6) is 5.75 Å². The van der Waals surface area contributed by atoms with Gasteiger partial charge in [-0.3, -0.25) is 9.59 Å². The largest absolute Gasteiger partial charge is 0.494 e. The third kappa shape index (κ3) is 4.94. The van der Waals surface area contributed by atoms with Gasteiger partial charge in [0.2, 0.25) is 11.8 Å². The Kier molecular flexibility index (Phi) is 5.95. The monoisotopic (exact) mass is 322 g/mol. The zero-order valence-corrected chi connectivity index (χ0v) is 13.1. The average Bonchev–Trinajstić information content (AvgIpc) is 2.52. The molecule has 1 heterocycles. The molecule has 0 spiro atoms. The maximum absolute atomic E-state index is 12.0. The van der Waals surface area contributed by atoms with Crippen LogP contribution in [-0.4, -0.2) is 58.8 Å². The van der Waals surface area contributed by atoms with Gasteiger partial charge in [0, 0.05) is 18.8 Å². The first-order valence-electron chi connectivity index (χ1n) is 7.66. The number of hydrogen-bond donors (Lipinski definition) is 3. The number of carbonyl (C=O) groups is 2. The lowest BCUT2D eigenvalue weighted by Gasteiger charge is -2.33. The van der Waals surface area contributed by atoms with Gasteiger partial charge in [-0.2, -0.15) is 0 Å². The molecule has 0 aliphatic carbocycles. The maximum atomic E-state index is 12.0. The zero-order valence-electron chi connectivity index (χ0n) is 13.1. The van der Waals surface area contributed by atoms with Crippen molar-refractivity contribution >= 4 is 17.5 Å². The summed E-state index contributed by atoms with van der Waals surface area (Å²) in [4.78, 5) is 25.4. The highest BCUT2D eigenvalue weighted by Gasteiger charge is 2.29. The van der Waals surface area contributed by atoms with Gasteiger partial charge in [-0.15, -0.1) is 0 Å². The van der Waals surface area contributed by atoms with E-state index in [9.17, 15) is 19.8 Å². The molecule has 2 amide bonds. The van der Waals surface area contributed by atoms with Crippen molar-refractivity contribution < 1.29 is 24.5 Å². The van der Waals surface area contributed by atoms with Crippen LogP contribution in [0.3, 0.4) is 0 Å². The molecular formula is C16H22N2O5. The third-order valence-electron chi connectivity index (χ3n) is 3.66. The second-order valence-corrected chi connectivity index (χ2v) is 5.45. The maximum Gasteiger partial charge on any atom is 0.233 e. The van der Waals surface area contributed by atoms with Gasteiger partial charge in [0.05, 0.1) is 18.8 Å². The van der Waals surface area contributed by atoms with Gasteiger partial charge in [0.15, 0.2) is 0 Å². The zero-order chi connectivity index (χ0) is 16.8. The smallest absolute Gasteiger partial charge is 0.233 e. The molecule has 0 aromatic heterocycles. The van der Waals surface area contributed by atoms with Crippen molar-refractivity contribution in [2.45, 2.75) is 32.0 Å². The fourth-order valence-corrected chi connectivity index (χ4v) is 2.40. The predicted octanol–water partition coefficient (Wildman–Crippen LogP) is 0.368. The van der Waals surface area contributed by atoms with Crippen LogP contribution >= 0.6 is 0 Å². The van der Waals surface area contributed by atoms with Crippen LogP contribution in [0.25, 0.3) is 0 Å². The number of amides is 2. The van der Waals surface area contributed by atoms with E-state index in [1.54, 1.807) is 24.3 Å². The lowest BCUT2D eigenvalue weighted by atomic mass is 10.0. The molecule has 23 heavy (non-hydrogen) atoms. The lowest BCUT2D eigenvalue weighted by molar-refractivity contribution is -0.140. The number of carbonyl (C=O) groups excluding carboxylic acids is 2. The number of ether oxygens (including phenoxy) is 1. The van der Waals surface area contributed by atoms with Crippen LogP contribution < -0.4 is 10.1 Å². The number of β-amino-alcohol motifs (C(OH)–C–C–N with tert-alkyl or cyclic N) is 1. The van der Waals surface area contributed by atoms with Crippen molar-refractivity contribution in [3.8, 4) is 5.75 Å². The lowest BCUT2D eigenvalue weighted by Crippen LogP contribution is -2.49. The van der Waals surface area contributed by atoms with Crippen LogP contribution in [0.15, 0.2) is 24.3 Å². The van der Waals surface area contributed by atoms with Gasteiger partial charge in [-0.05, 0) is 37.6 Å². The highest BCUT2D eigenvalue weighted by atomic mass is 16.5. The minimum absolute atomic E-state index is 0.0519. The molecule has 3 N–H and O–H groups in total. The van der Waals surface area contributed by atoms with E-state index >= 15 is 0 Å². The second-order valence-electron chi connectivity index (χ2n) is 5.45. The topological polar surface area (TPSA) is 99.1 Å². The minimum atomic E-state index is -0.957. The van der Waals surface area contributed by atoms with E-state index < -0.39 is 18.1 Å². The van der Waals surface area contributed by atoms with Gasteiger partial charge in [-0.25, -0.2) is 0 Å². The minimum Gasteiger partial charge on any atom is -0.494 e. The van der Waals surface area contributed by atoms with Crippen LogP contribution in [0.1, 0.15) is 19.8 Å². The molecule has 1 aliphatic rings. The molecule has 1 aromatic carbocycles. The number of aliphatic hydroxyl groups excluding tert-OH is 2. The Bertz CT molecular complexity index is 546. The Hall–Kier alpha value is -2.12. The molecule has 0 unspecified atom stereocenters. The fourth-order valence-electron chi connectivity index (χ4n) is 2.40. The molecule has 2 rings (SSSR count). The Morgan fingerprint density at radius 1 is 1.26 bits per heavy atom. The molecule has 126 valence electrons. The molecule has 1 aromatic rings. The van der Waals surface area contributed by atoms with Crippen LogP contribution in [0.4, 0.5) is 5.69 Å².